The number of hydrogen-bond acceptors (Lipinski definition) is 4. The topological polar surface area (TPSA) is 78.8 Å². The highest BCUT2D eigenvalue weighted by atomic mass is 35.5. The molecule has 0 aliphatic carbocycles. The van der Waals surface area contributed by atoms with Crippen LogP contribution in [0, 0.1) is 13.8 Å². The van der Waals surface area contributed by atoms with E-state index in [2.05, 4.69) is 10.5 Å². The second kappa shape index (κ2) is 11.4. The number of hydrogen-bond donors (Lipinski definition) is 1. The number of nitrogens with one attached hydrogen (secondary N) is 1. The van der Waals surface area contributed by atoms with Crippen molar-refractivity contribution in [3.05, 3.63) is 130 Å². The second-order valence-corrected chi connectivity index (χ2v) is 10.9. The van der Waals surface area contributed by atoms with Crippen LogP contribution in [0.2, 0.25) is 5.02 Å². The molecule has 0 heterocycles. The molecule has 0 fully saturated rings. The number of benzene rings is 4. The predicted octanol–water partition coefficient (Wildman–Crippen LogP) is 6.12. The van der Waals surface area contributed by atoms with Crippen LogP contribution in [0.25, 0.3) is 0 Å². The first-order valence-electron chi connectivity index (χ1n) is 11.6. The van der Waals surface area contributed by atoms with Crippen LogP contribution in [0.3, 0.4) is 0 Å². The Morgan fingerprint density at radius 1 is 0.865 bits per heavy atom. The smallest absolute Gasteiger partial charge is 0.267 e. The highest BCUT2D eigenvalue weighted by Gasteiger charge is 2.28. The molecule has 1 amide bonds. The maximum absolute atomic E-state index is 13.9. The lowest BCUT2D eigenvalue weighted by molar-refractivity contribution is 0.0955. The number of carbonyl (C=O) groups is 1. The molecule has 0 saturated heterocycles. The number of rotatable bonds is 8. The van der Waals surface area contributed by atoms with E-state index < -0.39 is 15.9 Å². The van der Waals surface area contributed by atoms with Gasteiger partial charge in [-0.05, 0) is 61.4 Å². The lowest BCUT2D eigenvalue weighted by atomic mass is 10.1. The summed E-state index contributed by atoms with van der Waals surface area (Å²) in [6.07, 6.45) is 1.54. The number of nitrogens with zero attached hydrogens (tertiary/aromatic N) is 2. The van der Waals surface area contributed by atoms with Gasteiger partial charge in [-0.25, -0.2) is 13.8 Å². The number of para-hydroxylation sites is 1. The largest absolute Gasteiger partial charge is 0.273 e. The van der Waals surface area contributed by atoms with Crippen molar-refractivity contribution in [3.63, 3.8) is 0 Å². The Bertz CT molecular complexity index is 1520. The molecule has 4 aromatic carbocycles. The molecule has 0 spiro atoms. The zero-order valence-corrected chi connectivity index (χ0v) is 22.0. The minimum atomic E-state index is -4.02. The van der Waals surface area contributed by atoms with Gasteiger partial charge in [0.1, 0.15) is 0 Å². The van der Waals surface area contributed by atoms with Crippen molar-refractivity contribution in [1.82, 2.24) is 5.43 Å². The molecule has 0 bridgehead atoms. The van der Waals surface area contributed by atoms with Gasteiger partial charge in [-0.3, -0.25) is 9.10 Å². The lowest BCUT2D eigenvalue weighted by Gasteiger charge is -2.26. The van der Waals surface area contributed by atoms with Gasteiger partial charge in [0.25, 0.3) is 15.9 Å². The average molecular weight is 532 g/mol. The minimum Gasteiger partial charge on any atom is -0.267 e. The first-order valence-corrected chi connectivity index (χ1v) is 13.4. The van der Waals surface area contributed by atoms with Crippen LogP contribution in [-0.4, -0.2) is 20.5 Å². The van der Waals surface area contributed by atoms with Crippen molar-refractivity contribution in [1.29, 1.82) is 0 Å². The SMILES string of the molecule is Cc1ccc(/C=N/NC(=O)c2ccccc2N(Cc2ccc(Cl)cc2)S(=O)(=O)c2ccc(C)cc2)cc1. The molecule has 6 nitrogen and oxygen atoms in total. The van der Waals surface area contributed by atoms with Gasteiger partial charge in [-0.15, -0.1) is 0 Å². The number of anilines is 1. The molecule has 1 N–H and O–H groups in total. The van der Waals surface area contributed by atoms with Gasteiger partial charge in [0, 0.05) is 5.02 Å². The summed E-state index contributed by atoms with van der Waals surface area (Å²) in [5.41, 5.74) is 6.53. The Morgan fingerprint density at radius 2 is 1.46 bits per heavy atom. The standard InChI is InChI=1S/C29H26ClN3O3S/c1-21-7-11-23(12-8-21)19-31-32-29(34)27-5-3-4-6-28(27)33(20-24-13-15-25(30)16-14-24)37(35,36)26-17-9-22(2)10-18-26/h3-19H,20H2,1-2H3,(H,32,34)/b31-19+. The summed E-state index contributed by atoms with van der Waals surface area (Å²) in [5, 5.41) is 4.61. The number of halogens is 1. The summed E-state index contributed by atoms with van der Waals surface area (Å²) >= 11 is 6.03. The number of hydrazone groups is 1. The summed E-state index contributed by atoms with van der Waals surface area (Å²) in [5.74, 6) is -0.529. The maximum Gasteiger partial charge on any atom is 0.273 e. The maximum atomic E-state index is 13.9. The quantitative estimate of drug-likeness (QED) is 0.220. The minimum absolute atomic E-state index is 0.00427. The van der Waals surface area contributed by atoms with Crippen LogP contribution in [0.15, 0.2) is 107 Å². The summed E-state index contributed by atoms with van der Waals surface area (Å²) in [6.45, 7) is 3.88. The number of amides is 1. The van der Waals surface area contributed by atoms with E-state index in [-0.39, 0.29) is 22.7 Å². The Morgan fingerprint density at radius 3 is 2.11 bits per heavy atom. The molecule has 0 aliphatic heterocycles. The van der Waals surface area contributed by atoms with E-state index >= 15 is 0 Å². The number of sulfonamides is 1. The normalized spacial score (nSPS) is 11.4. The summed E-state index contributed by atoms with van der Waals surface area (Å²) in [7, 11) is -4.02. The second-order valence-electron chi connectivity index (χ2n) is 8.58. The molecule has 4 rings (SSSR count). The van der Waals surface area contributed by atoms with Crippen LogP contribution in [0.5, 0.6) is 0 Å². The summed E-state index contributed by atoms with van der Waals surface area (Å²) < 4.78 is 28.9. The third-order valence-corrected chi connectivity index (χ3v) is 7.75. The van der Waals surface area contributed by atoms with Crippen LogP contribution in [-0.2, 0) is 16.6 Å². The van der Waals surface area contributed by atoms with E-state index in [1.165, 1.54) is 10.5 Å². The Labute approximate surface area is 222 Å². The Balaban J connectivity index is 1.70. The average Bonchev–Trinajstić information content (AvgIpc) is 2.89. The molecule has 188 valence electrons. The third kappa shape index (κ3) is 6.44. The van der Waals surface area contributed by atoms with E-state index in [4.69, 9.17) is 11.6 Å². The van der Waals surface area contributed by atoms with Gasteiger partial charge in [0.2, 0.25) is 0 Å². The zero-order valence-electron chi connectivity index (χ0n) is 20.4. The fourth-order valence-electron chi connectivity index (χ4n) is 3.65. The van der Waals surface area contributed by atoms with Gasteiger partial charge in [-0.1, -0.05) is 83.4 Å². The first kappa shape index (κ1) is 26.1. The predicted molar refractivity (Wildman–Crippen MR) is 149 cm³/mol. The van der Waals surface area contributed by atoms with E-state index in [0.29, 0.717) is 10.6 Å². The molecule has 4 aromatic rings. The van der Waals surface area contributed by atoms with E-state index in [0.717, 1.165) is 16.7 Å². The van der Waals surface area contributed by atoms with Crippen molar-refractivity contribution in [2.75, 3.05) is 4.31 Å². The Kier molecular flexibility index (Phi) is 8.06. The van der Waals surface area contributed by atoms with Crippen molar-refractivity contribution >= 4 is 39.4 Å². The van der Waals surface area contributed by atoms with E-state index in [1.807, 2.05) is 38.1 Å². The van der Waals surface area contributed by atoms with Gasteiger partial charge < -0.3 is 0 Å². The molecule has 0 unspecified atom stereocenters. The molecule has 0 aromatic heterocycles. The molecule has 37 heavy (non-hydrogen) atoms. The van der Waals surface area contributed by atoms with Gasteiger partial charge in [-0.2, -0.15) is 5.10 Å². The molecule has 0 saturated carbocycles. The fraction of sp³-hybridized carbons (Fsp3) is 0.103. The van der Waals surface area contributed by atoms with Crippen LogP contribution in [0.1, 0.15) is 32.6 Å². The van der Waals surface area contributed by atoms with Crippen molar-refractivity contribution in [2.24, 2.45) is 5.10 Å². The molecule has 8 heteroatoms. The molecule has 0 atom stereocenters. The fourth-order valence-corrected chi connectivity index (χ4v) is 5.25. The third-order valence-electron chi connectivity index (χ3n) is 5.72. The number of carbonyl (C=O) groups excluding carboxylic acids is 1. The van der Waals surface area contributed by atoms with Crippen molar-refractivity contribution < 1.29 is 13.2 Å². The first-order chi connectivity index (χ1) is 17.7. The molecule has 0 radical (unpaired) electrons. The van der Waals surface area contributed by atoms with Crippen LogP contribution in [0.4, 0.5) is 5.69 Å². The lowest BCUT2D eigenvalue weighted by Crippen LogP contribution is -2.33. The summed E-state index contributed by atoms with van der Waals surface area (Å²) in [6, 6.07) is 27.8. The van der Waals surface area contributed by atoms with Crippen LogP contribution < -0.4 is 9.73 Å². The highest BCUT2D eigenvalue weighted by molar-refractivity contribution is 7.92. The van der Waals surface area contributed by atoms with Crippen LogP contribution >= 0.6 is 11.6 Å². The van der Waals surface area contributed by atoms with E-state index in [9.17, 15) is 13.2 Å². The molecular weight excluding hydrogens is 506 g/mol. The van der Waals surface area contributed by atoms with Crippen molar-refractivity contribution in [2.45, 2.75) is 25.3 Å². The van der Waals surface area contributed by atoms with Crippen molar-refractivity contribution in [3.8, 4) is 0 Å². The van der Waals surface area contributed by atoms with Gasteiger partial charge in [0.15, 0.2) is 0 Å². The van der Waals surface area contributed by atoms with E-state index in [1.54, 1.807) is 72.8 Å². The van der Waals surface area contributed by atoms with Gasteiger partial charge >= 0.3 is 0 Å². The monoisotopic (exact) mass is 531 g/mol. The molecule has 0 aliphatic rings. The Hall–Kier alpha value is -3.94. The van der Waals surface area contributed by atoms with Gasteiger partial charge in [0.05, 0.1) is 28.9 Å². The summed E-state index contributed by atoms with van der Waals surface area (Å²) in [4.78, 5) is 13.3. The highest BCUT2D eigenvalue weighted by Crippen LogP contribution is 2.29. The molecular formula is C29H26ClN3O3S. The number of aryl methyl sites for hydroxylation is 2. The zero-order chi connectivity index (χ0) is 26.4.